The predicted octanol–water partition coefficient (Wildman–Crippen LogP) is 1.97. The third kappa shape index (κ3) is 4.64. The van der Waals surface area contributed by atoms with Crippen LogP contribution in [0, 0.1) is 0 Å². The first kappa shape index (κ1) is 17.1. The maximum Gasteiger partial charge on any atom is 0.259 e. The Kier molecular flexibility index (Phi) is 6.01. The summed E-state index contributed by atoms with van der Waals surface area (Å²) in [6, 6.07) is 12.1. The summed E-state index contributed by atoms with van der Waals surface area (Å²) in [5.74, 6) is 0.732. The molecular formula is C17H19N3O4. The van der Waals surface area contributed by atoms with E-state index >= 15 is 0 Å². The van der Waals surface area contributed by atoms with Gasteiger partial charge < -0.3 is 19.9 Å². The fraction of sp³-hybridized carbons (Fsp3) is 0.176. The zero-order valence-electron chi connectivity index (χ0n) is 13.4. The van der Waals surface area contributed by atoms with Crippen molar-refractivity contribution in [3.63, 3.8) is 0 Å². The van der Waals surface area contributed by atoms with E-state index in [9.17, 15) is 9.90 Å². The van der Waals surface area contributed by atoms with Crippen LogP contribution in [0.5, 0.6) is 17.2 Å². The van der Waals surface area contributed by atoms with Crippen LogP contribution in [0.4, 0.5) is 5.69 Å². The number of phenols is 1. The number of carbonyl (C=O) groups excluding carboxylic acids is 1. The lowest BCUT2D eigenvalue weighted by Crippen LogP contribution is -2.26. The van der Waals surface area contributed by atoms with Gasteiger partial charge in [0.25, 0.3) is 5.91 Å². The van der Waals surface area contributed by atoms with Gasteiger partial charge >= 0.3 is 0 Å². The first-order chi connectivity index (χ1) is 11.6. The maximum atomic E-state index is 11.8. The van der Waals surface area contributed by atoms with Gasteiger partial charge in [0, 0.05) is 0 Å². The Morgan fingerprint density at radius 1 is 1.17 bits per heavy atom. The summed E-state index contributed by atoms with van der Waals surface area (Å²) in [7, 11) is 3.03. The summed E-state index contributed by atoms with van der Waals surface area (Å²) >= 11 is 0. The molecule has 3 N–H and O–H groups in total. The number of anilines is 1. The number of nitrogens with zero attached hydrogens (tertiary/aromatic N) is 1. The van der Waals surface area contributed by atoms with E-state index in [0.29, 0.717) is 17.1 Å². The third-order valence-electron chi connectivity index (χ3n) is 3.15. The largest absolute Gasteiger partial charge is 0.504 e. The molecule has 0 aliphatic heterocycles. The standard InChI is InChI=1S/C17H19N3O4/c1-23-15-6-4-3-5-13(15)18-11-17(22)20-19-10-12-7-8-14(21)16(9-12)24-2/h3-10,18,21H,11H2,1-2H3,(H,20,22)/b19-10-. The number of hydrogen-bond donors (Lipinski definition) is 3. The van der Waals surface area contributed by atoms with Crippen molar-refractivity contribution in [2.75, 3.05) is 26.1 Å². The van der Waals surface area contributed by atoms with E-state index in [4.69, 9.17) is 9.47 Å². The quantitative estimate of drug-likeness (QED) is 0.533. The number of phenolic OH excluding ortho intramolecular Hbond substituents is 1. The molecule has 0 radical (unpaired) electrons. The van der Waals surface area contributed by atoms with Crippen LogP contribution < -0.4 is 20.2 Å². The molecule has 1 amide bonds. The van der Waals surface area contributed by atoms with Crippen molar-refractivity contribution in [2.24, 2.45) is 5.10 Å². The molecule has 126 valence electrons. The molecule has 0 atom stereocenters. The van der Waals surface area contributed by atoms with Gasteiger partial charge in [-0.25, -0.2) is 5.43 Å². The van der Waals surface area contributed by atoms with E-state index in [-0.39, 0.29) is 18.2 Å². The molecule has 0 heterocycles. The molecule has 0 aromatic heterocycles. The Morgan fingerprint density at radius 3 is 2.67 bits per heavy atom. The summed E-state index contributed by atoms with van der Waals surface area (Å²) in [5.41, 5.74) is 3.82. The highest BCUT2D eigenvalue weighted by Crippen LogP contribution is 2.25. The number of nitrogens with one attached hydrogen (secondary N) is 2. The Morgan fingerprint density at radius 2 is 1.92 bits per heavy atom. The van der Waals surface area contributed by atoms with Gasteiger partial charge in [0.1, 0.15) is 5.75 Å². The number of methoxy groups -OCH3 is 2. The van der Waals surface area contributed by atoms with Crippen LogP contribution in [-0.4, -0.2) is 38.0 Å². The first-order valence-corrected chi connectivity index (χ1v) is 7.20. The Bertz CT molecular complexity index is 732. The van der Waals surface area contributed by atoms with Gasteiger partial charge in [-0.15, -0.1) is 0 Å². The molecule has 0 saturated heterocycles. The molecule has 0 unspecified atom stereocenters. The number of hydrazone groups is 1. The lowest BCUT2D eigenvalue weighted by Gasteiger charge is -2.09. The number of amides is 1. The second-order valence-corrected chi connectivity index (χ2v) is 4.78. The van der Waals surface area contributed by atoms with Gasteiger partial charge in [-0.05, 0) is 35.9 Å². The number of aromatic hydroxyl groups is 1. The van der Waals surface area contributed by atoms with Crippen LogP contribution in [-0.2, 0) is 4.79 Å². The van der Waals surface area contributed by atoms with E-state index in [1.54, 1.807) is 25.3 Å². The fourth-order valence-corrected chi connectivity index (χ4v) is 1.96. The number of para-hydroxylation sites is 2. The number of benzene rings is 2. The minimum absolute atomic E-state index is 0.0414. The number of carbonyl (C=O) groups is 1. The lowest BCUT2D eigenvalue weighted by atomic mass is 10.2. The van der Waals surface area contributed by atoms with Crippen LogP contribution in [0.2, 0.25) is 0 Å². The summed E-state index contributed by atoms with van der Waals surface area (Å²) in [4.78, 5) is 11.8. The molecule has 7 heteroatoms. The van der Waals surface area contributed by atoms with Crippen LogP contribution in [0.3, 0.4) is 0 Å². The molecule has 24 heavy (non-hydrogen) atoms. The first-order valence-electron chi connectivity index (χ1n) is 7.20. The molecular weight excluding hydrogens is 310 g/mol. The molecule has 0 bridgehead atoms. The molecule has 7 nitrogen and oxygen atoms in total. The smallest absolute Gasteiger partial charge is 0.259 e. The second kappa shape index (κ2) is 8.42. The molecule has 2 aromatic rings. The van der Waals surface area contributed by atoms with Crippen molar-refractivity contribution in [3.8, 4) is 17.2 Å². The predicted molar refractivity (Wildman–Crippen MR) is 91.9 cm³/mol. The highest BCUT2D eigenvalue weighted by atomic mass is 16.5. The monoisotopic (exact) mass is 329 g/mol. The van der Waals surface area contributed by atoms with Gasteiger partial charge in [-0.3, -0.25) is 4.79 Å². The van der Waals surface area contributed by atoms with E-state index in [1.165, 1.54) is 19.4 Å². The minimum Gasteiger partial charge on any atom is -0.504 e. The van der Waals surface area contributed by atoms with Crippen molar-refractivity contribution < 1.29 is 19.4 Å². The SMILES string of the molecule is COc1cc(/C=N\NC(=O)CNc2ccccc2OC)ccc1O. The Hall–Kier alpha value is -3.22. The Balaban J connectivity index is 1.87. The van der Waals surface area contributed by atoms with E-state index < -0.39 is 0 Å². The van der Waals surface area contributed by atoms with E-state index in [1.807, 2.05) is 18.2 Å². The lowest BCUT2D eigenvalue weighted by molar-refractivity contribution is -0.119. The van der Waals surface area contributed by atoms with Gasteiger partial charge in [-0.1, -0.05) is 12.1 Å². The van der Waals surface area contributed by atoms with Crippen molar-refractivity contribution in [2.45, 2.75) is 0 Å². The normalized spacial score (nSPS) is 10.4. The zero-order chi connectivity index (χ0) is 17.4. The van der Waals surface area contributed by atoms with Gasteiger partial charge in [-0.2, -0.15) is 5.10 Å². The average Bonchev–Trinajstić information content (AvgIpc) is 2.61. The van der Waals surface area contributed by atoms with Crippen molar-refractivity contribution in [1.29, 1.82) is 0 Å². The van der Waals surface area contributed by atoms with Crippen molar-refractivity contribution in [1.82, 2.24) is 5.43 Å². The number of hydrogen-bond acceptors (Lipinski definition) is 6. The van der Waals surface area contributed by atoms with Crippen LogP contribution >= 0.6 is 0 Å². The van der Waals surface area contributed by atoms with E-state index in [2.05, 4.69) is 15.8 Å². The van der Waals surface area contributed by atoms with Gasteiger partial charge in [0.05, 0.1) is 32.7 Å². The third-order valence-corrected chi connectivity index (χ3v) is 3.15. The maximum absolute atomic E-state index is 11.8. The minimum atomic E-state index is -0.303. The second-order valence-electron chi connectivity index (χ2n) is 4.78. The molecule has 2 rings (SSSR count). The van der Waals surface area contributed by atoms with E-state index in [0.717, 1.165) is 5.69 Å². The summed E-state index contributed by atoms with van der Waals surface area (Å²) < 4.78 is 10.2. The van der Waals surface area contributed by atoms with Crippen molar-refractivity contribution >= 4 is 17.8 Å². The number of rotatable bonds is 7. The molecule has 0 spiro atoms. The van der Waals surface area contributed by atoms with Crippen LogP contribution in [0.1, 0.15) is 5.56 Å². The Labute approximate surface area is 139 Å². The number of ether oxygens (including phenoxy) is 2. The molecule has 0 aliphatic carbocycles. The van der Waals surface area contributed by atoms with Crippen LogP contribution in [0.15, 0.2) is 47.6 Å². The molecule has 0 saturated carbocycles. The van der Waals surface area contributed by atoms with Crippen molar-refractivity contribution in [3.05, 3.63) is 48.0 Å². The topological polar surface area (TPSA) is 92.2 Å². The van der Waals surface area contributed by atoms with Crippen LogP contribution in [0.25, 0.3) is 0 Å². The summed E-state index contributed by atoms with van der Waals surface area (Å²) in [5, 5.41) is 16.4. The van der Waals surface area contributed by atoms with Gasteiger partial charge in [0.2, 0.25) is 0 Å². The highest BCUT2D eigenvalue weighted by Gasteiger charge is 2.04. The highest BCUT2D eigenvalue weighted by molar-refractivity contribution is 5.85. The zero-order valence-corrected chi connectivity index (χ0v) is 13.4. The van der Waals surface area contributed by atoms with Gasteiger partial charge in [0.15, 0.2) is 11.5 Å². The average molecular weight is 329 g/mol. The summed E-state index contributed by atoms with van der Waals surface area (Å²) in [6.45, 7) is 0.0522. The molecule has 0 aliphatic rings. The molecule has 0 fully saturated rings. The fourth-order valence-electron chi connectivity index (χ4n) is 1.96. The molecule has 2 aromatic carbocycles. The summed E-state index contributed by atoms with van der Waals surface area (Å²) in [6.07, 6.45) is 1.46.